The molecule has 1 aromatic carbocycles. The van der Waals surface area contributed by atoms with E-state index in [0.29, 0.717) is 12.3 Å². The molecular formula is C15H24O2S. The monoisotopic (exact) mass is 268 g/mol. The standard InChI is InChI=1S/C15H24O2S/c1-11-7-8-12(9-13(11)17-18-16)15(5,6)10-14(2,3)4/h7-9,16H,10H2,1-6H3. The third kappa shape index (κ3) is 4.21. The Morgan fingerprint density at radius 2 is 1.78 bits per heavy atom. The summed E-state index contributed by atoms with van der Waals surface area (Å²) >= 11 is 0.401. The van der Waals surface area contributed by atoms with E-state index in [1.165, 1.54) is 5.56 Å². The Morgan fingerprint density at radius 3 is 2.28 bits per heavy atom. The Balaban J connectivity index is 3.05. The molecule has 0 aliphatic heterocycles. The second-order valence-corrected chi connectivity index (χ2v) is 7.08. The highest BCUT2D eigenvalue weighted by Crippen LogP contribution is 2.38. The summed E-state index contributed by atoms with van der Waals surface area (Å²) in [6.07, 6.45) is 1.09. The molecule has 0 aliphatic rings. The van der Waals surface area contributed by atoms with Gasteiger partial charge in [0, 0.05) is 0 Å². The van der Waals surface area contributed by atoms with Crippen LogP contribution in [0.4, 0.5) is 0 Å². The first-order valence-electron chi connectivity index (χ1n) is 6.25. The first-order chi connectivity index (χ1) is 8.15. The molecule has 1 aromatic rings. The molecule has 1 N–H and O–H groups in total. The average Bonchev–Trinajstić information content (AvgIpc) is 2.17. The molecule has 0 heterocycles. The van der Waals surface area contributed by atoms with Crippen molar-refractivity contribution in [1.29, 1.82) is 0 Å². The maximum Gasteiger partial charge on any atom is 0.222 e. The molecule has 0 aromatic heterocycles. The molecule has 0 spiro atoms. The van der Waals surface area contributed by atoms with Crippen LogP contribution in [0.3, 0.4) is 0 Å². The predicted octanol–water partition coefficient (Wildman–Crippen LogP) is 5.21. The SMILES string of the molecule is Cc1ccc(C(C)(C)CC(C)(C)C)cc1OSO. The molecule has 18 heavy (non-hydrogen) atoms. The van der Waals surface area contributed by atoms with Crippen molar-refractivity contribution in [3.05, 3.63) is 29.3 Å². The van der Waals surface area contributed by atoms with Crippen LogP contribution in [0.2, 0.25) is 0 Å². The number of hydrogen-bond donors (Lipinski definition) is 1. The van der Waals surface area contributed by atoms with Crippen LogP contribution >= 0.6 is 12.3 Å². The lowest BCUT2D eigenvalue weighted by Crippen LogP contribution is -2.24. The summed E-state index contributed by atoms with van der Waals surface area (Å²) in [6, 6.07) is 6.23. The molecule has 0 bridgehead atoms. The van der Waals surface area contributed by atoms with Crippen molar-refractivity contribution in [2.24, 2.45) is 5.41 Å². The Morgan fingerprint density at radius 1 is 1.17 bits per heavy atom. The molecule has 0 radical (unpaired) electrons. The normalized spacial score (nSPS) is 12.6. The lowest BCUT2D eigenvalue weighted by atomic mass is 9.72. The van der Waals surface area contributed by atoms with Crippen molar-refractivity contribution in [2.75, 3.05) is 0 Å². The summed E-state index contributed by atoms with van der Waals surface area (Å²) in [6.45, 7) is 13.2. The molecule has 0 amide bonds. The molecule has 0 fully saturated rings. The average molecular weight is 268 g/mol. The summed E-state index contributed by atoms with van der Waals surface area (Å²) in [5, 5.41) is 0. The zero-order valence-corrected chi connectivity index (χ0v) is 13.0. The predicted molar refractivity (Wildman–Crippen MR) is 79.1 cm³/mol. The van der Waals surface area contributed by atoms with Gasteiger partial charge in [-0.15, -0.1) is 0 Å². The minimum absolute atomic E-state index is 0.0875. The molecule has 2 nitrogen and oxygen atoms in total. The van der Waals surface area contributed by atoms with E-state index in [-0.39, 0.29) is 10.8 Å². The summed E-state index contributed by atoms with van der Waals surface area (Å²) in [4.78, 5) is 0. The molecule has 0 saturated heterocycles. The molecule has 3 heteroatoms. The van der Waals surface area contributed by atoms with Crippen LogP contribution in [-0.4, -0.2) is 4.55 Å². The summed E-state index contributed by atoms with van der Waals surface area (Å²) < 4.78 is 14.0. The van der Waals surface area contributed by atoms with Gasteiger partial charge in [0.15, 0.2) is 0 Å². The largest absolute Gasteiger partial charge is 0.400 e. The second-order valence-electron chi connectivity index (χ2n) is 6.76. The van der Waals surface area contributed by atoms with Gasteiger partial charge in [0.2, 0.25) is 12.3 Å². The minimum atomic E-state index is 0.0875. The van der Waals surface area contributed by atoms with Crippen molar-refractivity contribution < 1.29 is 8.74 Å². The molecule has 0 unspecified atom stereocenters. The van der Waals surface area contributed by atoms with Crippen molar-refractivity contribution in [3.63, 3.8) is 0 Å². The van der Waals surface area contributed by atoms with E-state index in [0.717, 1.165) is 17.7 Å². The third-order valence-electron chi connectivity index (χ3n) is 3.07. The lowest BCUT2D eigenvalue weighted by Gasteiger charge is -2.33. The van der Waals surface area contributed by atoms with Gasteiger partial charge < -0.3 is 4.18 Å². The zero-order valence-electron chi connectivity index (χ0n) is 12.2. The van der Waals surface area contributed by atoms with E-state index in [9.17, 15) is 0 Å². The molecule has 102 valence electrons. The van der Waals surface area contributed by atoms with Gasteiger partial charge in [-0.25, -0.2) is 0 Å². The number of rotatable bonds is 4. The van der Waals surface area contributed by atoms with Crippen molar-refractivity contribution in [1.82, 2.24) is 0 Å². The smallest absolute Gasteiger partial charge is 0.222 e. The number of benzene rings is 1. The van der Waals surface area contributed by atoms with Gasteiger partial charge in [-0.2, -0.15) is 0 Å². The molecule has 0 atom stereocenters. The maximum atomic E-state index is 8.82. The Kier molecular flexibility index (Phi) is 4.73. The quantitative estimate of drug-likeness (QED) is 0.760. The van der Waals surface area contributed by atoms with E-state index >= 15 is 0 Å². The first-order valence-corrected chi connectivity index (χ1v) is 6.95. The van der Waals surface area contributed by atoms with E-state index in [1.807, 2.05) is 19.1 Å². The van der Waals surface area contributed by atoms with Crippen LogP contribution in [0.25, 0.3) is 0 Å². The fourth-order valence-electron chi connectivity index (χ4n) is 2.58. The third-order valence-corrected chi connectivity index (χ3v) is 3.32. The van der Waals surface area contributed by atoms with Gasteiger partial charge in [0.05, 0.1) is 0 Å². The fourth-order valence-corrected chi connectivity index (χ4v) is 2.84. The lowest BCUT2D eigenvalue weighted by molar-refractivity contribution is 0.284. The van der Waals surface area contributed by atoms with Gasteiger partial charge in [0.1, 0.15) is 5.75 Å². The zero-order chi connectivity index (χ0) is 14.0. The Labute approximate surface area is 115 Å². The fraction of sp³-hybridized carbons (Fsp3) is 0.600. The number of aryl methyl sites for hydroxylation is 1. The van der Waals surface area contributed by atoms with Gasteiger partial charge >= 0.3 is 0 Å². The summed E-state index contributed by atoms with van der Waals surface area (Å²) in [5.74, 6) is 0.738. The van der Waals surface area contributed by atoms with Crippen molar-refractivity contribution in [3.8, 4) is 5.75 Å². The highest BCUT2D eigenvalue weighted by molar-refractivity contribution is 7.89. The Hall–Kier alpha value is -0.670. The minimum Gasteiger partial charge on any atom is -0.400 e. The van der Waals surface area contributed by atoms with E-state index < -0.39 is 0 Å². The molecular weight excluding hydrogens is 244 g/mol. The summed E-state index contributed by atoms with van der Waals surface area (Å²) in [5.41, 5.74) is 2.64. The van der Waals surface area contributed by atoms with Gasteiger partial charge in [-0.3, -0.25) is 4.55 Å². The van der Waals surface area contributed by atoms with Crippen LogP contribution in [0.15, 0.2) is 18.2 Å². The van der Waals surface area contributed by atoms with Crippen molar-refractivity contribution in [2.45, 2.75) is 53.4 Å². The molecule has 0 saturated carbocycles. The van der Waals surface area contributed by atoms with Crippen LogP contribution < -0.4 is 4.18 Å². The highest BCUT2D eigenvalue weighted by Gasteiger charge is 2.27. The van der Waals surface area contributed by atoms with Crippen LogP contribution in [0.5, 0.6) is 5.75 Å². The Bertz CT molecular complexity index is 405. The number of hydrogen-bond acceptors (Lipinski definition) is 3. The summed E-state index contributed by atoms with van der Waals surface area (Å²) in [7, 11) is 0. The maximum absolute atomic E-state index is 8.82. The first kappa shape index (κ1) is 15.4. The highest BCUT2D eigenvalue weighted by atomic mass is 32.2. The second kappa shape index (κ2) is 5.54. The van der Waals surface area contributed by atoms with Gasteiger partial charge in [-0.1, -0.05) is 46.8 Å². The van der Waals surface area contributed by atoms with Crippen LogP contribution in [0.1, 0.15) is 52.2 Å². The van der Waals surface area contributed by atoms with E-state index in [4.69, 9.17) is 8.74 Å². The van der Waals surface area contributed by atoms with Gasteiger partial charge in [0.25, 0.3) is 0 Å². The van der Waals surface area contributed by atoms with Crippen LogP contribution in [0, 0.1) is 12.3 Å². The molecule has 1 rings (SSSR count). The van der Waals surface area contributed by atoms with Gasteiger partial charge in [-0.05, 0) is 41.4 Å². The topological polar surface area (TPSA) is 29.5 Å². The van der Waals surface area contributed by atoms with E-state index in [1.54, 1.807) is 0 Å². The molecule has 0 aliphatic carbocycles. The van der Waals surface area contributed by atoms with E-state index in [2.05, 4.69) is 40.7 Å². The van der Waals surface area contributed by atoms with Crippen LogP contribution in [-0.2, 0) is 5.41 Å². The van der Waals surface area contributed by atoms with Crippen molar-refractivity contribution >= 4 is 12.3 Å².